The first kappa shape index (κ1) is 9.83. The zero-order chi connectivity index (χ0) is 9.80. The van der Waals surface area contributed by atoms with Gasteiger partial charge in [-0.05, 0) is 48.0 Å². The number of hydrogen-bond donors (Lipinski definition) is 1. The summed E-state index contributed by atoms with van der Waals surface area (Å²) in [6.45, 7) is 1.45. The molecule has 0 spiro atoms. The van der Waals surface area contributed by atoms with Crippen molar-refractivity contribution in [1.29, 1.82) is 0 Å². The van der Waals surface area contributed by atoms with Crippen molar-refractivity contribution in [2.24, 2.45) is 4.99 Å². The number of nitrogens with zero attached hydrogens (tertiary/aromatic N) is 1. The standard InChI is InChI=1S/C9H9ClN2OS/c10-12-14-8-3-1-7(2-4-8)9-11-5-6-13-9/h1-4,12H,5-6H2. The summed E-state index contributed by atoms with van der Waals surface area (Å²) in [5.74, 6) is 0.736. The van der Waals surface area contributed by atoms with E-state index in [9.17, 15) is 0 Å². The van der Waals surface area contributed by atoms with Gasteiger partial charge < -0.3 is 4.74 Å². The number of ether oxygens (including phenoxy) is 1. The van der Waals surface area contributed by atoms with E-state index in [1.54, 1.807) is 0 Å². The SMILES string of the molecule is ClNSc1ccc(C2=NCCO2)cc1. The second-order valence-electron chi connectivity index (χ2n) is 2.74. The number of benzene rings is 1. The number of halogens is 1. The molecule has 0 saturated heterocycles. The molecule has 1 aliphatic heterocycles. The molecule has 0 fully saturated rings. The zero-order valence-corrected chi connectivity index (χ0v) is 8.94. The van der Waals surface area contributed by atoms with Gasteiger partial charge in [0.2, 0.25) is 5.90 Å². The molecule has 1 aromatic rings. The van der Waals surface area contributed by atoms with Crippen molar-refractivity contribution < 1.29 is 4.74 Å². The lowest BCUT2D eigenvalue weighted by molar-refractivity contribution is 0.348. The predicted molar refractivity (Wildman–Crippen MR) is 58.6 cm³/mol. The maximum absolute atomic E-state index is 5.37. The van der Waals surface area contributed by atoms with Crippen LogP contribution >= 0.6 is 23.7 Å². The fourth-order valence-corrected chi connectivity index (χ4v) is 1.85. The van der Waals surface area contributed by atoms with Crippen LogP contribution < -0.4 is 4.24 Å². The average Bonchev–Trinajstić information content (AvgIpc) is 2.72. The smallest absolute Gasteiger partial charge is 0.216 e. The van der Waals surface area contributed by atoms with Crippen molar-refractivity contribution in [2.45, 2.75) is 4.90 Å². The lowest BCUT2D eigenvalue weighted by Gasteiger charge is -2.02. The van der Waals surface area contributed by atoms with Gasteiger partial charge in [-0.25, -0.2) is 4.99 Å². The molecule has 3 nitrogen and oxygen atoms in total. The molecular formula is C9H9ClN2OS. The Bertz CT molecular complexity index is 339. The molecule has 0 aliphatic carbocycles. The van der Waals surface area contributed by atoms with Crippen LogP contribution in [0.1, 0.15) is 5.56 Å². The molecule has 74 valence electrons. The monoisotopic (exact) mass is 228 g/mol. The molecule has 0 unspecified atom stereocenters. The highest BCUT2D eigenvalue weighted by atomic mass is 35.5. The van der Waals surface area contributed by atoms with Crippen LogP contribution in [0.5, 0.6) is 0 Å². The quantitative estimate of drug-likeness (QED) is 0.636. The second kappa shape index (κ2) is 4.68. The minimum absolute atomic E-state index is 0.690. The normalized spacial score (nSPS) is 15.1. The number of nitrogens with one attached hydrogen (secondary N) is 1. The van der Waals surface area contributed by atoms with Crippen molar-refractivity contribution >= 4 is 29.6 Å². The molecule has 1 N–H and O–H groups in total. The van der Waals surface area contributed by atoms with E-state index in [2.05, 4.69) is 9.23 Å². The Kier molecular flexibility index (Phi) is 3.29. The van der Waals surface area contributed by atoms with E-state index in [4.69, 9.17) is 16.5 Å². The first-order valence-electron chi connectivity index (χ1n) is 4.20. The summed E-state index contributed by atoms with van der Waals surface area (Å²) in [6, 6.07) is 7.89. The minimum Gasteiger partial charge on any atom is -0.476 e. The zero-order valence-electron chi connectivity index (χ0n) is 7.37. The van der Waals surface area contributed by atoms with E-state index in [1.807, 2.05) is 24.3 Å². The summed E-state index contributed by atoms with van der Waals surface area (Å²) in [6.07, 6.45) is 0. The van der Waals surface area contributed by atoms with E-state index in [-0.39, 0.29) is 0 Å². The largest absolute Gasteiger partial charge is 0.476 e. The molecule has 1 aliphatic rings. The predicted octanol–water partition coefficient (Wildman–Crippen LogP) is 2.21. The molecule has 2 rings (SSSR count). The van der Waals surface area contributed by atoms with E-state index in [0.29, 0.717) is 6.61 Å². The Labute approximate surface area is 91.8 Å². The van der Waals surface area contributed by atoms with Crippen molar-refractivity contribution in [2.75, 3.05) is 13.2 Å². The molecule has 1 aromatic carbocycles. The molecule has 0 radical (unpaired) electrons. The Hall–Kier alpha value is -0.710. The van der Waals surface area contributed by atoms with Crippen LogP contribution in [-0.2, 0) is 4.74 Å². The topological polar surface area (TPSA) is 33.6 Å². The van der Waals surface area contributed by atoms with Crippen LogP contribution in [-0.4, -0.2) is 19.0 Å². The van der Waals surface area contributed by atoms with E-state index in [0.717, 1.165) is 22.9 Å². The summed E-state index contributed by atoms with van der Waals surface area (Å²) in [5.41, 5.74) is 1.02. The van der Waals surface area contributed by atoms with Gasteiger partial charge in [0, 0.05) is 10.5 Å². The lowest BCUT2D eigenvalue weighted by Crippen LogP contribution is -2.00. The Morgan fingerprint density at radius 2 is 2.14 bits per heavy atom. The van der Waals surface area contributed by atoms with Crippen molar-refractivity contribution in [3.8, 4) is 0 Å². The summed E-state index contributed by atoms with van der Waals surface area (Å²) >= 11 is 6.73. The van der Waals surface area contributed by atoms with E-state index >= 15 is 0 Å². The highest BCUT2D eigenvalue weighted by Gasteiger charge is 2.09. The molecule has 0 aromatic heterocycles. The molecule has 14 heavy (non-hydrogen) atoms. The van der Waals surface area contributed by atoms with E-state index in [1.165, 1.54) is 11.9 Å². The first-order valence-corrected chi connectivity index (χ1v) is 5.40. The fourth-order valence-electron chi connectivity index (χ4n) is 1.22. The molecule has 0 atom stereocenters. The van der Waals surface area contributed by atoms with Crippen molar-refractivity contribution in [1.82, 2.24) is 4.24 Å². The Morgan fingerprint density at radius 1 is 1.36 bits per heavy atom. The van der Waals surface area contributed by atoms with Gasteiger partial charge in [0.05, 0.1) is 6.54 Å². The minimum atomic E-state index is 0.690. The van der Waals surface area contributed by atoms with Crippen LogP contribution in [0.4, 0.5) is 0 Å². The highest BCUT2D eigenvalue weighted by Crippen LogP contribution is 2.17. The van der Waals surface area contributed by atoms with Crippen LogP contribution in [0, 0.1) is 0 Å². The van der Waals surface area contributed by atoms with Gasteiger partial charge in [-0.1, -0.05) is 0 Å². The molecule has 1 heterocycles. The summed E-state index contributed by atoms with van der Waals surface area (Å²) < 4.78 is 7.84. The maximum Gasteiger partial charge on any atom is 0.216 e. The second-order valence-corrected chi connectivity index (χ2v) is 4.03. The molecule has 5 heteroatoms. The van der Waals surface area contributed by atoms with Gasteiger partial charge in [-0.2, -0.15) is 4.24 Å². The Morgan fingerprint density at radius 3 is 2.71 bits per heavy atom. The fraction of sp³-hybridized carbons (Fsp3) is 0.222. The van der Waals surface area contributed by atoms with Crippen molar-refractivity contribution in [3.05, 3.63) is 29.8 Å². The molecule has 0 amide bonds. The first-order chi connectivity index (χ1) is 6.90. The van der Waals surface area contributed by atoms with Gasteiger partial charge in [0.25, 0.3) is 0 Å². The van der Waals surface area contributed by atoms with Crippen LogP contribution in [0.2, 0.25) is 0 Å². The van der Waals surface area contributed by atoms with Crippen LogP contribution in [0.3, 0.4) is 0 Å². The summed E-state index contributed by atoms with van der Waals surface area (Å²) in [7, 11) is 0. The molecule has 0 bridgehead atoms. The van der Waals surface area contributed by atoms with Gasteiger partial charge in [-0.3, -0.25) is 0 Å². The number of rotatable bonds is 3. The third kappa shape index (κ3) is 2.20. The van der Waals surface area contributed by atoms with Crippen molar-refractivity contribution in [3.63, 3.8) is 0 Å². The van der Waals surface area contributed by atoms with Crippen LogP contribution in [0.15, 0.2) is 34.2 Å². The maximum atomic E-state index is 5.37. The number of hydrogen-bond acceptors (Lipinski definition) is 4. The van der Waals surface area contributed by atoms with E-state index < -0.39 is 0 Å². The van der Waals surface area contributed by atoms with Gasteiger partial charge >= 0.3 is 0 Å². The van der Waals surface area contributed by atoms with Crippen LogP contribution in [0.25, 0.3) is 0 Å². The highest BCUT2D eigenvalue weighted by molar-refractivity contribution is 7.98. The lowest BCUT2D eigenvalue weighted by atomic mass is 10.2. The summed E-state index contributed by atoms with van der Waals surface area (Å²) in [4.78, 5) is 5.29. The Balaban J connectivity index is 2.13. The average molecular weight is 229 g/mol. The van der Waals surface area contributed by atoms with Gasteiger partial charge in [-0.15, -0.1) is 0 Å². The molecular weight excluding hydrogens is 220 g/mol. The number of aliphatic imine (C=N–C) groups is 1. The third-order valence-corrected chi connectivity index (χ3v) is 2.66. The van der Waals surface area contributed by atoms with Gasteiger partial charge in [0.1, 0.15) is 6.61 Å². The third-order valence-electron chi connectivity index (χ3n) is 1.84. The van der Waals surface area contributed by atoms with Gasteiger partial charge in [0.15, 0.2) is 0 Å². The summed E-state index contributed by atoms with van der Waals surface area (Å²) in [5, 5.41) is 0. The molecule has 0 saturated carbocycles.